The first kappa shape index (κ1) is 10.3. The maximum absolute atomic E-state index is 11.7. The van der Waals surface area contributed by atoms with E-state index in [1.807, 2.05) is 34.7 Å². The predicted octanol–water partition coefficient (Wildman–Crippen LogP) is 1.29. The summed E-state index contributed by atoms with van der Waals surface area (Å²) in [4.78, 5) is 19.6. The Hall–Kier alpha value is -1.24. The third-order valence-electron chi connectivity index (χ3n) is 1.93. The molecule has 0 aliphatic carbocycles. The minimum atomic E-state index is -0.0190. The fraction of sp³-hybridized carbons (Fsp3) is 0.100. The second-order valence-corrected chi connectivity index (χ2v) is 4.20. The van der Waals surface area contributed by atoms with Crippen molar-refractivity contribution in [3.05, 3.63) is 56.5 Å². The van der Waals surface area contributed by atoms with Crippen LogP contribution >= 0.6 is 22.6 Å². The molecule has 0 aliphatic heterocycles. The van der Waals surface area contributed by atoms with Crippen LogP contribution in [-0.2, 0) is 6.54 Å². The minimum Gasteiger partial charge on any atom is -0.294 e. The van der Waals surface area contributed by atoms with Gasteiger partial charge in [0.25, 0.3) is 5.56 Å². The molecule has 2 heterocycles. The van der Waals surface area contributed by atoms with Crippen LogP contribution in [0.15, 0.2) is 41.8 Å². The minimum absolute atomic E-state index is 0.0190. The molecule has 0 bridgehead atoms. The lowest BCUT2D eigenvalue weighted by atomic mass is 10.3. The third kappa shape index (κ3) is 2.41. The summed E-state index contributed by atoms with van der Waals surface area (Å²) in [7, 11) is 0. The quantitative estimate of drug-likeness (QED) is 0.785. The number of hydrogen-bond acceptors (Lipinski definition) is 3. The van der Waals surface area contributed by atoms with E-state index in [0.717, 1.165) is 5.56 Å². The van der Waals surface area contributed by atoms with E-state index in [9.17, 15) is 4.79 Å². The number of halogens is 1. The smallest absolute Gasteiger partial charge is 0.267 e. The SMILES string of the molecule is O=c1c(I)cncn1Cc1cccnc1. The topological polar surface area (TPSA) is 47.8 Å². The van der Waals surface area contributed by atoms with Crippen molar-refractivity contribution in [3.63, 3.8) is 0 Å². The van der Waals surface area contributed by atoms with Gasteiger partial charge in [-0.15, -0.1) is 0 Å². The number of rotatable bonds is 2. The van der Waals surface area contributed by atoms with E-state index in [1.165, 1.54) is 6.33 Å². The van der Waals surface area contributed by atoms with Gasteiger partial charge in [0.15, 0.2) is 0 Å². The molecule has 0 N–H and O–H groups in total. The molecule has 0 radical (unpaired) electrons. The van der Waals surface area contributed by atoms with Crippen LogP contribution in [0.3, 0.4) is 0 Å². The largest absolute Gasteiger partial charge is 0.294 e. The molecule has 15 heavy (non-hydrogen) atoms. The molecule has 4 nitrogen and oxygen atoms in total. The predicted molar refractivity (Wildman–Crippen MR) is 64.6 cm³/mol. The number of aromatic nitrogens is 3. The lowest BCUT2D eigenvalue weighted by Gasteiger charge is -2.04. The van der Waals surface area contributed by atoms with Crippen molar-refractivity contribution in [1.82, 2.24) is 14.5 Å². The first-order valence-electron chi connectivity index (χ1n) is 4.36. The van der Waals surface area contributed by atoms with Gasteiger partial charge in [0.05, 0.1) is 16.4 Å². The van der Waals surface area contributed by atoms with Crippen molar-refractivity contribution < 1.29 is 0 Å². The molecule has 0 saturated carbocycles. The summed E-state index contributed by atoms with van der Waals surface area (Å²) in [6, 6.07) is 3.78. The Bertz CT molecular complexity index is 510. The van der Waals surface area contributed by atoms with Crippen molar-refractivity contribution in [2.45, 2.75) is 6.54 Å². The summed E-state index contributed by atoms with van der Waals surface area (Å²) in [6.07, 6.45) is 6.55. The summed E-state index contributed by atoms with van der Waals surface area (Å²) < 4.78 is 2.19. The molecule has 0 amide bonds. The molecule has 0 spiro atoms. The Morgan fingerprint density at radius 1 is 1.33 bits per heavy atom. The standard InChI is InChI=1S/C10H8IN3O/c11-9-5-13-7-14(10(9)15)6-8-2-1-3-12-4-8/h1-5,7H,6H2. The van der Waals surface area contributed by atoms with E-state index in [2.05, 4.69) is 9.97 Å². The molecular weight excluding hydrogens is 305 g/mol. The molecule has 2 aromatic heterocycles. The lowest BCUT2D eigenvalue weighted by molar-refractivity contribution is 0.728. The van der Waals surface area contributed by atoms with Crippen LogP contribution in [0.1, 0.15) is 5.56 Å². The Kier molecular flexibility index (Phi) is 3.10. The molecule has 2 rings (SSSR count). The monoisotopic (exact) mass is 313 g/mol. The van der Waals surface area contributed by atoms with E-state index in [1.54, 1.807) is 23.2 Å². The zero-order valence-corrected chi connectivity index (χ0v) is 9.96. The Morgan fingerprint density at radius 2 is 2.20 bits per heavy atom. The van der Waals surface area contributed by atoms with Gasteiger partial charge >= 0.3 is 0 Å². The maximum Gasteiger partial charge on any atom is 0.267 e. The number of nitrogens with zero attached hydrogens (tertiary/aromatic N) is 3. The molecule has 0 atom stereocenters. The van der Waals surface area contributed by atoms with E-state index in [4.69, 9.17) is 0 Å². The van der Waals surface area contributed by atoms with E-state index in [-0.39, 0.29) is 5.56 Å². The molecule has 0 saturated heterocycles. The highest BCUT2D eigenvalue weighted by atomic mass is 127. The van der Waals surface area contributed by atoms with Gasteiger partial charge in [-0.05, 0) is 34.2 Å². The van der Waals surface area contributed by atoms with Crippen molar-refractivity contribution in [1.29, 1.82) is 0 Å². The van der Waals surface area contributed by atoms with Crippen LogP contribution in [0.5, 0.6) is 0 Å². The van der Waals surface area contributed by atoms with Crippen molar-refractivity contribution in [2.24, 2.45) is 0 Å². The zero-order chi connectivity index (χ0) is 10.7. The van der Waals surface area contributed by atoms with E-state index >= 15 is 0 Å². The average molecular weight is 313 g/mol. The van der Waals surface area contributed by atoms with Crippen LogP contribution < -0.4 is 5.56 Å². The summed E-state index contributed by atoms with van der Waals surface area (Å²) in [6.45, 7) is 0.510. The Labute approximate surface area is 100 Å². The molecule has 76 valence electrons. The highest BCUT2D eigenvalue weighted by Gasteiger charge is 2.01. The summed E-state index contributed by atoms with van der Waals surface area (Å²) in [5, 5.41) is 0. The summed E-state index contributed by atoms with van der Waals surface area (Å²) in [5.74, 6) is 0. The first-order chi connectivity index (χ1) is 7.27. The van der Waals surface area contributed by atoms with Crippen LogP contribution in [0, 0.1) is 3.57 Å². The highest BCUT2D eigenvalue weighted by Crippen LogP contribution is 1.99. The van der Waals surface area contributed by atoms with Gasteiger partial charge in [0.1, 0.15) is 0 Å². The lowest BCUT2D eigenvalue weighted by Crippen LogP contribution is -2.22. The van der Waals surface area contributed by atoms with Gasteiger partial charge in [0, 0.05) is 18.6 Å². The Morgan fingerprint density at radius 3 is 2.93 bits per heavy atom. The molecule has 5 heteroatoms. The van der Waals surface area contributed by atoms with Crippen molar-refractivity contribution >= 4 is 22.6 Å². The number of hydrogen-bond donors (Lipinski definition) is 0. The molecule has 0 unspecified atom stereocenters. The molecule has 2 aromatic rings. The molecule has 0 aromatic carbocycles. The fourth-order valence-corrected chi connectivity index (χ4v) is 1.70. The van der Waals surface area contributed by atoms with Gasteiger partial charge in [-0.3, -0.25) is 14.3 Å². The van der Waals surface area contributed by atoms with Crippen LogP contribution in [0.2, 0.25) is 0 Å². The normalized spacial score (nSPS) is 10.2. The van der Waals surface area contributed by atoms with Gasteiger partial charge in [0.2, 0.25) is 0 Å². The van der Waals surface area contributed by atoms with Crippen LogP contribution in [-0.4, -0.2) is 14.5 Å². The fourth-order valence-electron chi connectivity index (χ4n) is 1.23. The zero-order valence-electron chi connectivity index (χ0n) is 7.80. The maximum atomic E-state index is 11.7. The van der Waals surface area contributed by atoms with Crippen LogP contribution in [0.4, 0.5) is 0 Å². The van der Waals surface area contributed by atoms with Crippen molar-refractivity contribution in [3.8, 4) is 0 Å². The van der Waals surface area contributed by atoms with Crippen molar-refractivity contribution in [2.75, 3.05) is 0 Å². The molecular formula is C10H8IN3O. The van der Waals surface area contributed by atoms with E-state index in [0.29, 0.717) is 10.1 Å². The number of pyridine rings is 1. The molecule has 0 fully saturated rings. The van der Waals surface area contributed by atoms with Gasteiger partial charge in [-0.2, -0.15) is 0 Å². The van der Waals surface area contributed by atoms with Gasteiger partial charge in [-0.25, -0.2) is 4.98 Å². The van der Waals surface area contributed by atoms with Gasteiger partial charge in [-0.1, -0.05) is 6.07 Å². The highest BCUT2D eigenvalue weighted by molar-refractivity contribution is 14.1. The molecule has 0 aliphatic rings. The van der Waals surface area contributed by atoms with Crippen LogP contribution in [0.25, 0.3) is 0 Å². The van der Waals surface area contributed by atoms with E-state index < -0.39 is 0 Å². The Balaban J connectivity index is 2.33. The third-order valence-corrected chi connectivity index (χ3v) is 2.67. The summed E-state index contributed by atoms with van der Waals surface area (Å²) in [5.41, 5.74) is 0.970. The second-order valence-electron chi connectivity index (χ2n) is 3.04. The first-order valence-corrected chi connectivity index (χ1v) is 5.44. The van der Waals surface area contributed by atoms with Gasteiger partial charge < -0.3 is 0 Å². The second kappa shape index (κ2) is 4.52. The average Bonchev–Trinajstić information content (AvgIpc) is 2.26. The summed E-state index contributed by atoms with van der Waals surface area (Å²) >= 11 is 1.98.